The summed E-state index contributed by atoms with van der Waals surface area (Å²) in [5.74, 6) is 1.06. The number of benzene rings is 1. The monoisotopic (exact) mass is 328 g/mol. The van der Waals surface area contributed by atoms with E-state index < -0.39 is 0 Å². The largest absolute Gasteiger partial charge is 0.497 e. The molecule has 0 spiro atoms. The number of ether oxygens (including phenoxy) is 2. The minimum absolute atomic E-state index is 0.267. The van der Waals surface area contributed by atoms with Gasteiger partial charge >= 0.3 is 5.97 Å². The second-order valence-electron chi connectivity index (χ2n) is 5.52. The number of rotatable bonds is 6. The van der Waals surface area contributed by atoms with E-state index in [2.05, 4.69) is 15.4 Å². The highest BCUT2D eigenvalue weighted by atomic mass is 16.5. The van der Waals surface area contributed by atoms with Crippen LogP contribution in [0.3, 0.4) is 0 Å². The first-order valence-corrected chi connectivity index (χ1v) is 8.01. The number of carbonyl (C=O) groups is 1. The lowest BCUT2D eigenvalue weighted by Gasteiger charge is -2.04. The summed E-state index contributed by atoms with van der Waals surface area (Å²) in [6, 6.07) is 7.71. The zero-order valence-corrected chi connectivity index (χ0v) is 13.9. The van der Waals surface area contributed by atoms with Crippen molar-refractivity contribution < 1.29 is 14.3 Å². The van der Waals surface area contributed by atoms with Crippen LogP contribution in [0.1, 0.15) is 37.6 Å². The summed E-state index contributed by atoms with van der Waals surface area (Å²) in [5.41, 5.74) is 2.58. The minimum Gasteiger partial charge on any atom is -0.497 e. The number of methoxy groups -OCH3 is 1. The van der Waals surface area contributed by atoms with Crippen LogP contribution in [0.5, 0.6) is 5.75 Å². The molecule has 0 atom stereocenters. The molecule has 2 aromatic rings. The summed E-state index contributed by atoms with van der Waals surface area (Å²) in [6.45, 7) is 2.68. The molecule has 1 aromatic carbocycles. The molecule has 1 aliphatic rings. The van der Waals surface area contributed by atoms with Crippen LogP contribution >= 0.6 is 0 Å². The lowest BCUT2D eigenvalue weighted by molar-refractivity contribution is -0.138. The highest BCUT2D eigenvalue weighted by Crippen LogP contribution is 2.32. The van der Waals surface area contributed by atoms with Crippen molar-refractivity contribution in [3.05, 3.63) is 41.2 Å². The van der Waals surface area contributed by atoms with Gasteiger partial charge in [-0.1, -0.05) is 12.1 Å². The van der Waals surface area contributed by atoms with E-state index in [1.807, 2.05) is 24.3 Å². The molecule has 7 nitrogen and oxygen atoms in total. The molecule has 0 bridgehead atoms. The van der Waals surface area contributed by atoms with E-state index in [1.54, 1.807) is 14.0 Å². The molecule has 1 aliphatic carbocycles. The summed E-state index contributed by atoms with van der Waals surface area (Å²) >= 11 is 0. The smallest absolute Gasteiger partial charge is 0.334 e. The Hall–Kier alpha value is -2.70. The fraction of sp³-hybridized carbons (Fsp3) is 0.412. The maximum absolute atomic E-state index is 12.0. The summed E-state index contributed by atoms with van der Waals surface area (Å²) < 4.78 is 10.3. The number of hydrogen-bond acceptors (Lipinski definition) is 6. The Morgan fingerprint density at radius 3 is 2.75 bits per heavy atom. The lowest BCUT2D eigenvalue weighted by atomic mass is 10.1. The predicted molar refractivity (Wildman–Crippen MR) is 87.3 cm³/mol. The third-order valence-electron chi connectivity index (χ3n) is 3.95. The zero-order valence-electron chi connectivity index (χ0n) is 13.9. The normalized spacial score (nSPS) is 14.1. The standard InChI is InChI=1S/C17H20N4O3/c1-3-24-17(22)15-6-4-5-14(15)16-18-20-21(19-16)11-12-7-9-13(23-2)10-8-12/h7-10H,3-6,11H2,1-2H3. The summed E-state index contributed by atoms with van der Waals surface area (Å²) in [4.78, 5) is 13.5. The molecule has 0 aliphatic heterocycles. The van der Waals surface area contributed by atoms with Crippen LogP contribution in [0, 0.1) is 0 Å². The molecule has 24 heavy (non-hydrogen) atoms. The Kier molecular flexibility index (Phi) is 4.88. The topological polar surface area (TPSA) is 79.1 Å². The molecule has 3 rings (SSSR count). The predicted octanol–water partition coefficient (Wildman–Crippen LogP) is 2.23. The number of esters is 1. The fourth-order valence-corrected chi connectivity index (χ4v) is 2.76. The Morgan fingerprint density at radius 2 is 2.04 bits per heavy atom. The van der Waals surface area contributed by atoms with Gasteiger partial charge < -0.3 is 9.47 Å². The van der Waals surface area contributed by atoms with Crippen molar-refractivity contribution in [2.75, 3.05) is 13.7 Å². The Bertz CT molecular complexity index is 749. The van der Waals surface area contributed by atoms with Gasteiger partial charge in [-0.05, 0) is 49.1 Å². The van der Waals surface area contributed by atoms with Crippen LogP contribution in [0.4, 0.5) is 0 Å². The van der Waals surface area contributed by atoms with E-state index in [0.29, 0.717) is 31.0 Å². The van der Waals surface area contributed by atoms with Gasteiger partial charge in [0.2, 0.25) is 5.82 Å². The zero-order chi connectivity index (χ0) is 16.9. The fourth-order valence-electron chi connectivity index (χ4n) is 2.76. The number of carbonyl (C=O) groups excluding carboxylic acids is 1. The molecule has 0 saturated carbocycles. The average Bonchev–Trinajstić information content (AvgIpc) is 3.24. The Labute approximate surface area is 140 Å². The van der Waals surface area contributed by atoms with Crippen molar-refractivity contribution in [3.8, 4) is 5.75 Å². The summed E-state index contributed by atoms with van der Waals surface area (Å²) in [7, 11) is 1.64. The molecular weight excluding hydrogens is 308 g/mol. The minimum atomic E-state index is -0.267. The van der Waals surface area contributed by atoms with Gasteiger partial charge in [-0.3, -0.25) is 0 Å². The maximum Gasteiger partial charge on any atom is 0.334 e. The number of nitrogens with zero attached hydrogens (tertiary/aromatic N) is 4. The molecule has 0 unspecified atom stereocenters. The van der Waals surface area contributed by atoms with Crippen LogP contribution in [0.2, 0.25) is 0 Å². The van der Waals surface area contributed by atoms with Gasteiger partial charge in [0.1, 0.15) is 5.75 Å². The van der Waals surface area contributed by atoms with Crippen LogP contribution in [-0.2, 0) is 16.1 Å². The lowest BCUT2D eigenvalue weighted by Crippen LogP contribution is -2.08. The number of allylic oxidation sites excluding steroid dienone is 1. The van der Waals surface area contributed by atoms with Crippen molar-refractivity contribution in [3.63, 3.8) is 0 Å². The first-order chi connectivity index (χ1) is 11.7. The highest BCUT2D eigenvalue weighted by molar-refractivity contribution is 5.97. The van der Waals surface area contributed by atoms with Gasteiger partial charge in [-0.2, -0.15) is 4.80 Å². The third-order valence-corrected chi connectivity index (χ3v) is 3.95. The van der Waals surface area contributed by atoms with E-state index in [9.17, 15) is 4.79 Å². The summed E-state index contributed by atoms with van der Waals surface area (Å²) in [6.07, 6.45) is 2.40. The third kappa shape index (κ3) is 3.45. The van der Waals surface area contributed by atoms with E-state index >= 15 is 0 Å². The summed E-state index contributed by atoms with van der Waals surface area (Å²) in [5, 5.41) is 12.6. The molecule has 0 fully saturated rings. The van der Waals surface area contributed by atoms with Crippen LogP contribution < -0.4 is 4.74 Å². The molecule has 126 valence electrons. The SMILES string of the molecule is CCOC(=O)C1=C(c2nnn(Cc3ccc(OC)cc3)n2)CCC1. The highest BCUT2D eigenvalue weighted by Gasteiger charge is 2.25. The van der Waals surface area contributed by atoms with Crippen LogP contribution in [0.25, 0.3) is 5.57 Å². The number of aromatic nitrogens is 4. The van der Waals surface area contributed by atoms with Crippen molar-refractivity contribution in [1.82, 2.24) is 20.2 Å². The average molecular weight is 328 g/mol. The second kappa shape index (κ2) is 7.25. The molecule has 0 N–H and O–H groups in total. The van der Waals surface area contributed by atoms with Crippen molar-refractivity contribution in [1.29, 1.82) is 0 Å². The molecule has 7 heteroatoms. The quantitative estimate of drug-likeness (QED) is 0.757. The van der Waals surface area contributed by atoms with E-state index in [0.717, 1.165) is 29.7 Å². The van der Waals surface area contributed by atoms with E-state index in [4.69, 9.17) is 9.47 Å². The number of hydrogen-bond donors (Lipinski definition) is 0. The van der Waals surface area contributed by atoms with Crippen LogP contribution in [-0.4, -0.2) is 39.9 Å². The Morgan fingerprint density at radius 1 is 1.25 bits per heavy atom. The molecule has 0 amide bonds. The van der Waals surface area contributed by atoms with Gasteiger partial charge in [-0.15, -0.1) is 10.2 Å². The molecule has 1 aromatic heterocycles. The Balaban J connectivity index is 1.77. The molecule has 0 radical (unpaired) electrons. The molecular formula is C17H20N4O3. The maximum atomic E-state index is 12.0. The molecule has 1 heterocycles. The van der Waals surface area contributed by atoms with Gasteiger partial charge in [0, 0.05) is 11.1 Å². The second-order valence-corrected chi connectivity index (χ2v) is 5.52. The van der Waals surface area contributed by atoms with Crippen molar-refractivity contribution in [2.24, 2.45) is 0 Å². The van der Waals surface area contributed by atoms with Gasteiger partial charge in [0.15, 0.2) is 0 Å². The number of tetrazole rings is 1. The van der Waals surface area contributed by atoms with Gasteiger partial charge in [0.25, 0.3) is 0 Å². The first kappa shape index (κ1) is 16.2. The van der Waals surface area contributed by atoms with Crippen molar-refractivity contribution in [2.45, 2.75) is 32.7 Å². The van der Waals surface area contributed by atoms with Gasteiger partial charge in [0.05, 0.1) is 20.3 Å². The van der Waals surface area contributed by atoms with Gasteiger partial charge in [-0.25, -0.2) is 4.79 Å². The molecule has 0 saturated heterocycles. The van der Waals surface area contributed by atoms with E-state index in [1.165, 1.54) is 4.80 Å². The first-order valence-electron chi connectivity index (χ1n) is 8.01. The van der Waals surface area contributed by atoms with E-state index in [-0.39, 0.29) is 5.97 Å². The van der Waals surface area contributed by atoms with Crippen LogP contribution in [0.15, 0.2) is 29.8 Å². The van der Waals surface area contributed by atoms with Crippen molar-refractivity contribution >= 4 is 11.5 Å².